The summed E-state index contributed by atoms with van der Waals surface area (Å²) in [5.74, 6) is 1.52. The zero-order valence-electron chi connectivity index (χ0n) is 15.3. The van der Waals surface area contributed by atoms with Crippen LogP contribution in [-0.4, -0.2) is 23.6 Å². The zero-order chi connectivity index (χ0) is 18.6. The SMILES string of the molecule is CCCC(COc1cccc2c1CNC2=O)Oc1ccnc2ccccc12. The van der Waals surface area contributed by atoms with Crippen molar-refractivity contribution in [1.29, 1.82) is 0 Å². The van der Waals surface area contributed by atoms with Crippen LogP contribution in [0.1, 0.15) is 35.7 Å². The van der Waals surface area contributed by atoms with Gasteiger partial charge < -0.3 is 14.8 Å². The number of aromatic nitrogens is 1. The van der Waals surface area contributed by atoms with Crippen molar-refractivity contribution in [3.63, 3.8) is 0 Å². The van der Waals surface area contributed by atoms with E-state index in [-0.39, 0.29) is 12.0 Å². The third-order valence-electron chi connectivity index (χ3n) is 4.74. The number of carbonyl (C=O) groups is 1. The first-order valence-corrected chi connectivity index (χ1v) is 9.29. The Hall–Kier alpha value is -3.08. The molecule has 1 aliphatic heterocycles. The Morgan fingerprint density at radius 1 is 1.11 bits per heavy atom. The second-order valence-electron chi connectivity index (χ2n) is 6.63. The minimum absolute atomic E-state index is 0.0416. The number of fused-ring (bicyclic) bond motifs is 2. The Morgan fingerprint density at radius 2 is 2.00 bits per heavy atom. The Morgan fingerprint density at radius 3 is 2.89 bits per heavy atom. The first-order valence-electron chi connectivity index (χ1n) is 9.29. The molecule has 1 unspecified atom stereocenters. The molecule has 3 aromatic rings. The van der Waals surface area contributed by atoms with Crippen LogP contribution in [0.15, 0.2) is 54.7 Å². The summed E-state index contributed by atoms with van der Waals surface area (Å²) in [6.07, 6.45) is 3.55. The van der Waals surface area contributed by atoms with Crippen molar-refractivity contribution in [3.05, 3.63) is 65.9 Å². The molecule has 0 bridgehead atoms. The third-order valence-corrected chi connectivity index (χ3v) is 4.74. The number of rotatable bonds is 7. The monoisotopic (exact) mass is 362 g/mol. The molecule has 4 rings (SSSR count). The largest absolute Gasteiger partial charge is 0.489 e. The van der Waals surface area contributed by atoms with Crippen LogP contribution in [0.25, 0.3) is 10.9 Å². The predicted octanol–water partition coefficient (Wildman–Crippen LogP) is 4.10. The molecule has 0 saturated heterocycles. The standard InChI is InChI=1S/C22H22N2O3/c1-2-6-15(27-21-11-12-23-19-9-4-3-7-17(19)21)14-26-20-10-5-8-16-18(20)13-24-22(16)25/h3-5,7-12,15H,2,6,13-14H2,1H3,(H,24,25). The minimum atomic E-state index is -0.0817. The van der Waals surface area contributed by atoms with Crippen LogP contribution in [0, 0.1) is 0 Å². The average Bonchev–Trinajstić information content (AvgIpc) is 3.08. The lowest BCUT2D eigenvalue weighted by Gasteiger charge is -2.21. The molecule has 0 saturated carbocycles. The van der Waals surface area contributed by atoms with Gasteiger partial charge in [0.15, 0.2) is 0 Å². The summed E-state index contributed by atoms with van der Waals surface area (Å²) in [6.45, 7) is 3.07. The summed E-state index contributed by atoms with van der Waals surface area (Å²) in [5.41, 5.74) is 2.53. The normalized spacial score (nSPS) is 13.9. The highest BCUT2D eigenvalue weighted by Gasteiger charge is 2.23. The van der Waals surface area contributed by atoms with Gasteiger partial charge in [-0.05, 0) is 36.8 Å². The van der Waals surface area contributed by atoms with E-state index in [1.807, 2.05) is 48.5 Å². The quantitative estimate of drug-likeness (QED) is 0.687. The average molecular weight is 362 g/mol. The van der Waals surface area contributed by atoms with Gasteiger partial charge in [-0.3, -0.25) is 9.78 Å². The summed E-state index contributed by atoms with van der Waals surface area (Å²) >= 11 is 0. The highest BCUT2D eigenvalue weighted by molar-refractivity contribution is 5.99. The number of nitrogens with zero attached hydrogens (tertiary/aromatic N) is 1. The first kappa shape index (κ1) is 17.3. The van der Waals surface area contributed by atoms with Gasteiger partial charge in [0.25, 0.3) is 5.91 Å². The molecule has 138 valence electrons. The van der Waals surface area contributed by atoms with Crippen LogP contribution in [0.2, 0.25) is 0 Å². The van der Waals surface area contributed by atoms with Gasteiger partial charge in [0.2, 0.25) is 0 Å². The number of ether oxygens (including phenoxy) is 2. The van der Waals surface area contributed by atoms with Gasteiger partial charge in [-0.2, -0.15) is 0 Å². The van der Waals surface area contributed by atoms with Crippen LogP contribution < -0.4 is 14.8 Å². The lowest BCUT2D eigenvalue weighted by atomic mass is 10.1. The summed E-state index contributed by atoms with van der Waals surface area (Å²) < 4.78 is 12.3. The lowest BCUT2D eigenvalue weighted by molar-refractivity contribution is 0.0965. The van der Waals surface area contributed by atoms with Crippen LogP contribution in [0.4, 0.5) is 0 Å². The number of nitrogens with one attached hydrogen (secondary N) is 1. The second-order valence-corrected chi connectivity index (χ2v) is 6.63. The zero-order valence-corrected chi connectivity index (χ0v) is 15.3. The van der Waals surface area contributed by atoms with Crippen molar-refractivity contribution < 1.29 is 14.3 Å². The molecule has 1 atom stereocenters. The Kier molecular flexibility index (Phi) is 4.92. The van der Waals surface area contributed by atoms with E-state index in [0.29, 0.717) is 18.7 Å². The van der Waals surface area contributed by atoms with E-state index >= 15 is 0 Å². The number of para-hydroxylation sites is 1. The fraction of sp³-hybridized carbons (Fsp3) is 0.273. The van der Waals surface area contributed by atoms with Gasteiger partial charge in [-0.1, -0.05) is 31.5 Å². The van der Waals surface area contributed by atoms with Crippen LogP contribution in [0.3, 0.4) is 0 Å². The summed E-state index contributed by atoms with van der Waals surface area (Å²) in [7, 11) is 0. The van der Waals surface area contributed by atoms with E-state index in [1.54, 1.807) is 6.20 Å². The Labute approximate surface area is 158 Å². The maximum atomic E-state index is 11.8. The molecule has 0 radical (unpaired) electrons. The number of pyridine rings is 1. The van der Waals surface area contributed by atoms with Gasteiger partial charge in [0.05, 0.1) is 5.52 Å². The minimum Gasteiger partial charge on any atom is -0.489 e. The van der Waals surface area contributed by atoms with E-state index in [4.69, 9.17) is 9.47 Å². The van der Waals surface area contributed by atoms with Crippen molar-refractivity contribution in [3.8, 4) is 11.5 Å². The molecule has 1 N–H and O–H groups in total. The van der Waals surface area contributed by atoms with Crippen molar-refractivity contribution in [2.45, 2.75) is 32.4 Å². The number of amides is 1. The predicted molar refractivity (Wildman–Crippen MR) is 104 cm³/mol. The van der Waals surface area contributed by atoms with Gasteiger partial charge in [0.1, 0.15) is 24.2 Å². The Bertz CT molecular complexity index is 965. The van der Waals surface area contributed by atoms with E-state index in [0.717, 1.165) is 40.8 Å². The molecule has 0 aliphatic carbocycles. The number of hydrogen-bond donors (Lipinski definition) is 1. The molecule has 1 aliphatic rings. The van der Waals surface area contributed by atoms with Crippen molar-refractivity contribution >= 4 is 16.8 Å². The molecular formula is C22H22N2O3. The summed E-state index contributed by atoms with van der Waals surface area (Å²) in [4.78, 5) is 16.2. The van der Waals surface area contributed by atoms with Crippen molar-refractivity contribution in [2.24, 2.45) is 0 Å². The molecule has 5 nitrogen and oxygen atoms in total. The molecular weight excluding hydrogens is 340 g/mol. The van der Waals surface area contributed by atoms with Crippen molar-refractivity contribution in [1.82, 2.24) is 10.3 Å². The molecule has 5 heteroatoms. The van der Waals surface area contributed by atoms with Crippen LogP contribution in [0.5, 0.6) is 11.5 Å². The van der Waals surface area contributed by atoms with Crippen LogP contribution in [-0.2, 0) is 6.54 Å². The molecule has 0 spiro atoms. The van der Waals surface area contributed by atoms with E-state index in [9.17, 15) is 4.79 Å². The lowest BCUT2D eigenvalue weighted by Crippen LogP contribution is -2.25. The van der Waals surface area contributed by atoms with Crippen LogP contribution >= 0.6 is 0 Å². The molecule has 1 aromatic heterocycles. The number of hydrogen-bond acceptors (Lipinski definition) is 4. The molecule has 0 fully saturated rings. The molecule has 2 heterocycles. The topological polar surface area (TPSA) is 60.5 Å². The van der Waals surface area contributed by atoms with E-state index in [1.165, 1.54) is 0 Å². The summed E-state index contributed by atoms with van der Waals surface area (Å²) in [5, 5.41) is 3.84. The first-order chi connectivity index (χ1) is 13.3. The highest BCUT2D eigenvalue weighted by atomic mass is 16.5. The number of benzene rings is 2. The fourth-order valence-corrected chi connectivity index (χ4v) is 3.39. The van der Waals surface area contributed by atoms with Gasteiger partial charge in [-0.15, -0.1) is 0 Å². The molecule has 2 aromatic carbocycles. The van der Waals surface area contributed by atoms with Crippen molar-refractivity contribution in [2.75, 3.05) is 6.61 Å². The number of carbonyl (C=O) groups excluding carboxylic acids is 1. The van der Waals surface area contributed by atoms with Gasteiger partial charge >= 0.3 is 0 Å². The Balaban J connectivity index is 1.51. The van der Waals surface area contributed by atoms with Gasteiger partial charge in [0, 0.05) is 29.3 Å². The summed E-state index contributed by atoms with van der Waals surface area (Å²) in [6, 6.07) is 15.4. The highest BCUT2D eigenvalue weighted by Crippen LogP contribution is 2.28. The van der Waals surface area contributed by atoms with E-state index in [2.05, 4.69) is 17.2 Å². The third kappa shape index (κ3) is 3.58. The maximum absolute atomic E-state index is 11.8. The molecule has 1 amide bonds. The van der Waals surface area contributed by atoms with Gasteiger partial charge in [-0.25, -0.2) is 0 Å². The van der Waals surface area contributed by atoms with E-state index < -0.39 is 0 Å². The smallest absolute Gasteiger partial charge is 0.252 e. The molecule has 27 heavy (non-hydrogen) atoms. The fourth-order valence-electron chi connectivity index (χ4n) is 3.39. The maximum Gasteiger partial charge on any atom is 0.252 e. The second kappa shape index (κ2) is 7.66.